The second kappa shape index (κ2) is 2.52. The number of hydrogen-bond donors (Lipinski definition) is 2. The standard InChI is InChI=1S/C9H9NO2/c11-6-1-2-8-7(5-6)9(12)3-4-10-8/h3-5,11H,1-2H2,(H,10,12). The molecule has 62 valence electrons. The Hall–Kier alpha value is -1.51. The number of H-pyrrole nitrogens is 1. The Morgan fingerprint density at radius 3 is 3.08 bits per heavy atom. The van der Waals surface area contributed by atoms with Gasteiger partial charge in [-0.3, -0.25) is 4.79 Å². The first-order valence-electron chi connectivity index (χ1n) is 3.87. The van der Waals surface area contributed by atoms with Crippen LogP contribution in [0.2, 0.25) is 0 Å². The quantitative estimate of drug-likeness (QED) is 0.604. The van der Waals surface area contributed by atoms with Crippen molar-refractivity contribution in [1.82, 2.24) is 4.98 Å². The number of fused-ring (bicyclic) bond motifs is 1. The molecule has 0 bridgehead atoms. The van der Waals surface area contributed by atoms with Crippen LogP contribution < -0.4 is 5.43 Å². The van der Waals surface area contributed by atoms with Gasteiger partial charge >= 0.3 is 0 Å². The molecular weight excluding hydrogens is 154 g/mol. The highest BCUT2D eigenvalue weighted by molar-refractivity contribution is 5.55. The van der Waals surface area contributed by atoms with E-state index in [-0.39, 0.29) is 5.43 Å². The van der Waals surface area contributed by atoms with E-state index < -0.39 is 0 Å². The van der Waals surface area contributed by atoms with Crippen molar-refractivity contribution < 1.29 is 5.11 Å². The minimum absolute atomic E-state index is 0.0324. The minimum atomic E-state index is -0.0324. The third-order valence-corrected chi connectivity index (χ3v) is 2.02. The van der Waals surface area contributed by atoms with Crippen molar-refractivity contribution in [1.29, 1.82) is 0 Å². The van der Waals surface area contributed by atoms with Crippen molar-refractivity contribution in [3.8, 4) is 0 Å². The summed E-state index contributed by atoms with van der Waals surface area (Å²) in [6.07, 6.45) is 4.51. The van der Waals surface area contributed by atoms with Gasteiger partial charge in [-0.05, 0) is 12.5 Å². The lowest BCUT2D eigenvalue weighted by Gasteiger charge is -2.10. The molecular formula is C9H9NO2. The maximum Gasteiger partial charge on any atom is 0.189 e. The Morgan fingerprint density at radius 1 is 1.42 bits per heavy atom. The Balaban J connectivity index is 2.67. The molecule has 0 radical (unpaired) electrons. The largest absolute Gasteiger partial charge is 0.512 e. The van der Waals surface area contributed by atoms with Crippen LogP contribution in [0.1, 0.15) is 17.7 Å². The first kappa shape index (κ1) is 7.16. The molecule has 0 atom stereocenters. The van der Waals surface area contributed by atoms with Gasteiger partial charge in [0.25, 0.3) is 0 Å². The Kier molecular flexibility index (Phi) is 1.50. The molecule has 0 unspecified atom stereocenters. The predicted molar refractivity (Wildman–Crippen MR) is 46.0 cm³/mol. The maximum atomic E-state index is 11.2. The Morgan fingerprint density at radius 2 is 2.25 bits per heavy atom. The highest BCUT2D eigenvalue weighted by Gasteiger charge is 2.11. The summed E-state index contributed by atoms with van der Waals surface area (Å²) in [5.74, 6) is 0.291. The zero-order chi connectivity index (χ0) is 8.55. The minimum Gasteiger partial charge on any atom is -0.512 e. The number of aromatic nitrogens is 1. The fourth-order valence-electron chi connectivity index (χ4n) is 1.39. The molecule has 12 heavy (non-hydrogen) atoms. The van der Waals surface area contributed by atoms with Crippen LogP contribution in [0.5, 0.6) is 0 Å². The summed E-state index contributed by atoms with van der Waals surface area (Å²) in [7, 11) is 0. The highest BCUT2D eigenvalue weighted by Crippen LogP contribution is 2.16. The van der Waals surface area contributed by atoms with E-state index in [0.29, 0.717) is 24.2 Å². The molecule has 3 heteroatoms. The van der Waals surface area contributed by atoms with E-state index in [2.05, 4.69) is 4.98 Å². The molecule has 1 aromatic rings. The Labute approximate surface area is 69.4 Å². The molecule has 0 aliphatic heterocycles. The van der Waals surface area contributed by atoms with Gasteiger partial charge < -0.3 is 10.1 Å². The first-order chi connectivity index (χ1) is 5.77. The Bertz CT molecular complexity index is 390. The van der Waals surface area contributed by atoms with Crippen molar-refractivity contribution in [3.05, 3.63) is 39.5 Å². The average Bonchev–Trinajstić information content (AvgIpc) is 2.07. The van der Waals surface area contributed by atoms with Crippen LogP contribution in [0, 0.1) is 0 Å². The highest BCUT2D eigenvalue weighted by atomic mass is 16.3. The van der Waals surface area contributed by atoms with Crippen LogP contribution in [0.25, 0.3) is 6.08 Å². The molecule has 0 aromatic carbocycles. The number of aliphatic hydroxyl groups is 1. The molecule has 2 rings (SSSR count). The summed E-state index contributed by atoms with van der Waals surface area (Å²) < 4.78 is 0. The van der Waals surface area contributed by atoms with Crippen LogP contribution in [0.15, 0.2) is 22.8 Å². The predicted octanol–water partition coefficient (Wildman–Crippen LogP) is 1.22. The van der Waals surface area contributed by atoms with Crippen molar-refractivity contribution in [2.45, 2.75) is 12.8 Å². The second-order valence-corrected chi connectivity index (χ2v) is 2.87. The van der Waals surface area contributed by atoms with Gasteiger partial charge in [-0.25, -0.2) is 0 Å². The summed E-state index contributed by atoms with van der Waals surface area (Å²) >= 11 is 0. The van der Waals surface area contributed by atoms with Crippen LogP contribution >= 0.6 is 0 Å². The monoisotopic (exact) mass is 163 g/mol. The summed E-state index contributed by atoms with van der Waals surface area (Å²) in [4.78, 5) is 14.2. The lowest BCUT2D eigenvalue weighted by molar-refractivity contribution is 0.390. The molecule has 0 saturated carbocycles. The van der Waals surface area contributed by atoms with Crippen LogP contribution in [0.4, 0.5) is 0 Å². The molecule has 1 aliphatic rings. The summed E-state index contributed by atoms with van der Waals surface area (Å²) in [5.41, 5.74) is 1.48. The summed E-state index contributed by atoms with van der Waals surface area (Å²) in [6, 6.07) is 1.47. The lowest BCUT2D eigenvalue weighted by atomic mass is 10.0. The topological polar surface area (TPSA) is 53.1 Å². The van der Waals surface area contributed by atoms with Crippen LogP contribution in [0.3, 0.4) is 0 Å². The number of hydrogen-bond acceptors (Lipinski definition) is 2. The van der Waals surface area contributed by atoms with E-state index in [9.17, 15) is 9.90 Å². The number of pyridine rings is 1. The molecule has 0 amide bonds. The van der Waals surface area contributed by atoms with E-state index in [1.807, 2.05) is 0 Å². The molecule has 1 aliphatic carbocycles. The number of aryl methyl sites for hydroxylation is 1. The number of rotatable bonds is 0. The normalized spacial score (nSPS) is 15.2. The van der Waals surface area contributed by atoms with Gasteiger partial charge in [0.2, 0.25) is 0 Å². The third-order valence-electron chi connectivity index (χ3n) is 2.02. The molecule has 0 fully saturated rings. The first-order valence-corrected chi connectivity index (χ1v) is 3.87. The second-order valence-electron chi connectivity index (χ2n) is 2.87. The number of aromatic amines is 1. The molecule has 1 aromatic heterocycles. The van der Waals surface area contributed by atoms with E-state index >= 15 is 0 Å². The van der Waals surface area contributed by atoms with Crippen molar-refractivity contribution in [2.24, 2.45) is 0 Å². The summed E-state index contributed by atoms with van der Waals surface area (Å²) in [5, 5.41) is 9.19. The SMILES string of the molecule is O=c1cc[nH]c2c1C=C(O)CC2. The molecule has 1 heterocycles. The van der Waals surface area contributed by atoms with Gasteiger partial charge in [0.15, 0.2) is 5.43 Å². The van der Waals surface area contributed by atoms with Gasteiger partial charge in [-0.1, -0.05) is 0 Å². The van der Waals surface area contributed by atoms with E-state index in [4.69, 9.17) is 0 Å². The average molecular weight is 163 g/mol. The zero-order valence-electron chi connectivity index (χ0n) is 6.50. The van der Waals surface area contributed by atoms with Gasteiger partial charge in [0.1, 0.15) is 0 Å². The summed E-state index contributed by atoms with van der Waals surface area (Å²) in [6.45, 7) is 0. The van der Waals surface area contributed by atoms with Crippen LogP contribution in [-0.4, -0.2) is 10.1 Å². The third kappa shape index (κ3) is 1.03. The van der Waals surface area contributed by atoms with E-state index in [1.165, 1.54) is 12.1 Å². The number of nitrogens with one attached hydrogen (secondary N) is 1. The lowest BCUT2D eigenvalue weighted by Crippen LogP contribution is -2.12. The van der Waals surface area contributed by atoms with Gasteiger partial charge in [-0.2, -0.15) is 0 Å². The molecule has 0 saturated heterocycles. The molecule has 2 N–H and O–H groups in total. The molecule has 3 nitrogen and oxygen atoms in total. The van der Waals surface area contributed by atoms with Crippen LogP contribution in [-0.2, 0) is 6.42 Å². The molecule has 0 spiro atoms. The van der Waals surface area contributed by atoms with Gasteiger partial charge in [-0.15, -0.1) is 0 Å². The fraction of sp³-hybridized carbons (Fsp3) is 0.222. The van der Waals surface area contributed by atoms with Gasteiger partial charge in [0, 0.05) is 29.9 Å². The number of allylic oxidation sites excluding steroid dienone is 1. The van der Waals surface area contributed by atoms with Crippen molar-refractivity contribution >= 4 is 6.08 Å². The zero-order valence-corrected chi connectivity index (χ0v) is 6.50. The van der Waals surface area contributed by atoms with Crippen molar-refractivity contribution in [2.75, 3.05) is 0 Å². The maximum absolute atomic E-state index is 11.2. The van der Waals surface area contributed by atoms with Gasteiger partial charge in [0.05, 0.1) is 5.76 Å². The number of aliphatic hydroxyl groups excluding tert-OH is 1. The fourth-order valence-corrected chi connectivity index (χ4v) is 1.39. The van der Waals surface area contributed by atoms with E-state index in [1.54, 1.807) is 6.20 Å². The van der Waals surface area contributed by atoms with E-state index in [0.717, 1.165) is 5.69 Å². The smallest absolute Gasteiger partial charge is 0.189 e. The van der Waals surface area contributed by atoms with Crippen molar-refractivity contribution in [3.63, 3.8) is 0 Å².